The Morgan fingerprint density at radius 1 is 1.30 bits per heavy atom. The summed E-state index contributed by atoms with van der Waals surface area (Å²) in [5.41, 5.74) is -0.837. The molecule has 0 fully saturated rings. The number of para-hydroxylation sites is 1. The van der Waals surface area contributed by atoms with Crippen LogP contribution in [0, 0.1) is 10.1 Å². The van der Waals surface area contributed by atoms with Crippen molar-refractivity contribution in [3.05, 3.63) is 33.9 Å². The maximum absolute atomic E-state index is 11.6. The highest BCUT2D eigenvalue weighted by Gasteiger charge is 2.26. The standard InChI is InChI=1S/C12H15N3O5/c1-13(2)10(16)7-14(3)9-6-4-5-8(12(17)18)11(9)15(19)20/h4-6H,7H2,1-3H3,(H,17,18). The van der Waals surface area contributed by atoms with E-state index in [4.69, 9.17) is 5.11 Å². The summed E-state index contributed by atoms with van der Waals surface area (Å²) in [6.45, 7) is -0.0864. The van der Waals surface area contributed by atoms with Crippen molar-refractivity contribution >= 4 is 23.3 Å². The summed E-state index contributed by atoms with van der Waals surface area (Å²) in [4.78, 5) is 35.7. The molecule has 0 spiro atoms. The van der Waals surface area contributed by atoms with Gasteiger partial charge in [-0.25, -0.2) is 4.79 Å². The average molecular weight is 281 g/mol. The Morgan fingerprint density at radius 3 is 2.35 bits per heavy atom. The number of anilines is 1. The third-order valence-electron chi connectivity index (χ3n) is 2.71. The van der Waals surface area contributed by atoms with Gasteiger partial charge in [-0.2, -0.15) is 0 Å². The summed E-state index contributed by atoms with van der Waals surface area (Å²) in [6, 6.07) is 3.97. The van der Waals surface area contributed by atoms with Crippen LogP contribution in [0.15, 0.2) is 18.2 Å². The predicted molar refractivity (Wildman–Crippen MR) is 72.0 cm³/mol. The molecule has 8 heteroatoms. The fourth-order valence-electron chi connectivity index (χ4n) is 1.63. The number of nitrogens with zero attached hydrogens (tertiary/aromatic N) is 3. The molecule has 0 radical (unpaired) electrons. The highest BCUT2D eigenvalue weighted by molar-refractivity contribution is 5.96. The number of rotatable bonds is 5. The van der Waals surface area contributed by atoms with E-state index in [2.05, 4.69) is 0 Å². The zero-order valence-corrected chi connectivity index (χ0v) is 11.4. The molecule has 0 saturated heterocycles. The second-order valence-corrected chi connectivity index (χ2v) is 4.38. The molecule has 0 aliphatic heterocycles. The number of nitro benzene ring substituents is 1. The molecule has 0 bridgehead atoms. The van der Waals surface area contributed by atoms with E-state index < -0.39 is 22.1 Å². The van der Waals surface area contributed by atoms with E-state index in [9.17, 15) is 19.7 Å². The number of nitro groups is 1. The van der Waals surface area contributed by atoms with Crippen LogP contribution in [0.2, 0.25) is 0 Å². The molecule has 1 aromatic rings. The Labute approximate surface area is 115 Å². The molecule has 0 atom stereocenters. The first-order valence-corrected chi connectivity index (χ1v) is 5.67. The van der Waals surface area contributed by atoms with Crippen LogP contribution in [-0.4, -0.2) is 54.5 Å². The first-order valence-electron chi connectivity index (χ1n) is 5.67. The van der Waals surface area contributed by atoms with Crippen molar-refractivity contribution in [3.63, 3.8) is 0 Å². The summed E-state index contributed by atoms with van der Waals surface area (Å²) in [5.74, 6) is -1.63. The van der Waals surface area contributed by atoms with E-state index in [1.807, 2.05) is 0 Å². The molecule has 0 saturated carbocycles. The minimum atomic E-state index is -1.38. The predicted octanol–water partition coefficient (Wildman–Crippen LogP) is 0.817. The van der Waals surface area contributed by atoms with E-state index in [1.165, 1.54) is 29.0 Å². The Morgan fingerprint density at radius 2 is 1.90 bits per heavy atom. The van der Waals surface area contributed by atoms with Crippen molar-refractivity contribution in [2.75, 3.05) is 32.6 Å². The van der Waals surface area contributed by atoms with Crippen molar-refractivity contribution in [1.29, 1.82) is 0 Å². The van der Waals surface area contributed by atoms with Crippen LogP contribution in [0.1, 0.15) is 10.4 Å². The molecular formula is C12H15N3O5. The fourth-order valence-corrected chi connectivity index (χ4v) is 1.63. The second-order valence-electron chi connectivity index (χ2n) is 4.38. The third-order valence-corrected chi connectivity index (χ3v) is 2.71. The SMILES string of the molecule is CN(C)C(=O)CN(C)c1cccc(C(=O)O)c1[N+](=O)[O-]. The molecule has 0 aromatic heterocycles. The lowest BCUT2D eigenvalue weighted by atomic mass is 10.1. The van der Waals surface area contributed by atoms with Gasteiger partial charge < -0.3 is 14.9 Å². The highest BCUT2D eigenvalue weighted by atomic mass is 16.6. The van der Waals surface area contributed by atoms with Crippen LogP contribution in [-0.2, 0) is 4.79 Å². The van der Waals surface area contributed by atoms with Gasteiger partial charge in [-0.15, -0.1) is 0 Å². The van der Waals surface area contributed by atoms with Gasteiger partial charge in [0.15, 0.2) is 0 Å². The number of carboxylic acid groups (broad SMARTS) is 1. The van der Waals surface area contributed by atoms with Crippen molar-refractivity contribution in [3.8, 4) is 0 Å². The van der Waals surface area contributed by atoms with E-state index >= 15 is 0 Å². The number of carbonyl (C=O) groups excluding carboxylic acids is 1. The van der Waals surface area contributed by atoms with Crippen LogP contribution in [0.25, 0.3) is 0 Å². The van der Waals surface area contributed by atoms with Crippen molar-refractivity contribution in [1.82, 2.24) is 4.90 Å². The van der Waals surface area contributed by atoms with Gasteiger partial charge in [-0.05, 0) is 12.1 Å². The molecule has 0 aliphatic carbocycles. The first-order chi connectivity index (χ1) is 9.25. The zero-order chi connectivity index (χ0) is 15.4. The van der Waals surface area contributed by atoms with Crippen molar-refractivity contribution < 1.29 is 19.6 Å². The molecule has 0 aliphatic rings. The average Bonchev–Trinajstić information content (AvgIpc) is 2.37. The van der Waals surface area contributed by atoms with Gasteiger partial charge in [-0.3, -0.25) is 14.9 Å². The van der Waals surface area contributed by atoms with Gasteiger partial charge in [0.05, 0.1) is 11.5 Å². The maximum Gasteiger partial charge on any atom is 0.342 e. The van der Waals surface area contributed by atoms with E-state index in [0.717, 1.165) is 6.07 Å². The fraction of sp³-hybridized carbons (Fsp3) is 0.333. The van der Waals surface area contributed by atoms with Gasteiger partial charge >= 0.3 is 11.7 Å². The minimum Gasteiger partial charge on any atom is -0.477 e. The van der Waals surface area contributed by atoms with Crippen LogP contribution in [0.5, 0.6) is 0 Å². The first kappa shape index (κ1) is 15.4. The molecule has 1 amide bonds. The van der Waals surface area contributed by atoms with Gasteiger partial charge in [-0.1, -0.05) is 6.07 Å². The topological polar surface area (TPSA) is 104 Å². The monoisotopic (exact) mass is 281 g/mol. The molecule has 1 rings (SSSR count). The van der Waals surface area contributed by atoms with Gasteiger partial charge in [0.1, 0.15) is 11.3 Å². The van der Waals surface area contributed by atoms with Crippen LogP contribution >= 0.6 is 0 Å². The van der Waals surface area contributed by atoms with Crippen LogP contribution in [0.3, 0.4) is 0 Å². The second kappa shape index (κ2) is 6.00. The van der Waals surface area contributed by atoms with E-state index in [1.54, 1.807) is 14.1 Å². The van der Waals surface area contributed by atoms with Gasteiger partial charge in [0, 0.05) is 21.1 Å². The lowest BCUT2D eigenvalue weighted by Crippen LogP contribution is -2.34. The normalized spacial score (nSPS) is 9.95. The number of hydrogen-bond donors (Lipinski definition) is 1. The smallest absolute Gasteiger partial charge is 0.342 e. The largest absolute Gasteiger partial charge is 0.477 e. The molecule has 8 nitrogen and oxygen atoms in total. The Hall–Kier alpha value is -2.64. The maximum atomic E-state index is 11.6. The lowest BCUT2D eigenvalue weighted by molar-refractivity contribution is -0.384. The molecule has 20 heavy (non-hydrogen) atoms. The minimum absolute atomic E-state index is 0.0864. The highest BCUT2D eigenvalue weighted by Crippen LogP contribution is 2.31. The number of carbonyl (C=O) groups is 2. The molecule has 1 aromatic carbocycles. The number of hydrogen-bond acceptors (Lipinski definition) is 5. The summed E-state index contributed by atoms with van der Waals surface area (Å²) < 4.78 is 0. The van der Waals surface area contributed by atoms with Crippen LogP contribution in [0.4, 0.5) is 11.4 Å². The van der Waals surface area contributed by atoms with E-state index in [0.29, 0.717) is 0 Å². The Bertz CT molecular complexity index is 556. The number of benzene rings is 1. The molecular weight excluding hydrogens is 266 g/mol. The van der Waals surface area contributed by atoms with Gasteiger partial charge in [0.2, 0.25) is 5.91 Å². The van der Waals surface area contributed by atoms with Crippen molar-refractivity contribution in [2.24, 2.45) is 0 Å². The summed E-state index contributed by atoms with van der Waals surface area (Å²) >= 11 is 0. The van der Waals surface area contributed by atoms with Crippen LogP contribution < -0.4 is 4.90 Å². The lowest BCUT2D eigenvalue weighted by Gasteiger charge is -2.21. The number of amides is 1. The Kier molecular flexibility index (Phi) is 4.63. The molecule has 108 valence electrons. The van der Waals surface area contributed by atoms with Crippen molar-refractivity contribution in [2.45, 2.75) is 0 Å². The summed E-state index contributed by atoms with van der Waals surface area (Å²) in [7, 11) is 4.63. The van der Waals surface area contributed by atoms with Gasteiger partial charge in [0.25, 0.3) is 0 Å². The Balaban J connectivity index is 3.24. The number of aromatic carboxylic acids is 1. The summed E-state index contributed by atoms with van der Waals surface area (Å²) in [5, 5.41) is 20.1. The third kappa shape index (κ3) is 3.22. The number of likely N-dealkylation sites (N-methyl/N-ethyl adjacent to an activating group) is 2. The zero-order valence-electron chi connectivity index (χ0n) is 11.4. The van der Waals surface area contributed by atoms with E-state index in [-0.39, 0.29) is 18.1 Å². The summed E-state index contributed by atoms with van der Waals surface area (Å²) in [6.07, 6.45) is 0. The molecule has 0 heterocycles. The quantitative estimate of drug-likeness (QED) is 0.633. The molecule has 0 unspecified atom stereocenters. The number of carboxylic acids is 1. The molecule has 1 N–H and O–H groups in total.